The molecular weight excluding hydrogens is 449 g/mol. The summed E-state index contributed by atoms with van der Waals surface area (Å²) in [6.07, 6.45) is 1.71. The number of aryl methyl sites for hydroxylation is 3. The molecular formula is C26H22FN5OS. The number of carbonyl (C=O) groups is 1. The lowest BCUT2D eigenvalue weighted by Gasteiger charge is -2.20. The van der Waals surface area contributed by atoms with Crippen molar-refractivity contribution in [2.24, 2.45) is 10.1 Å². The summed E-state index contributed by atoms with van der Waals surface area (Å²) in [5, 5.41) is 15.4. The Morgan fingerprint density at radius 3 is 2.50 bits per heavy atom. The van der Waals surface area contributed by atoms with Crippen LogP contribution in [0.5, 0.6) is 0 Å². The number of nitrogens with one attached hydrogen (secondary N) is 1. The number of amidine groups is 2. The molecule has 0 saturated heterocycles. The predicted molar refractivity (Wildman–Crippen MR) is 135 cm³/mol. The van der Waals surface area contributed by atoms with E-state index in [1.165, 1.54) is 34.5 Å². The third-order valence-corrected chi connectivity index (χ3v) is 6.88. The number of thioether (sulfide) groups is 1. The molecule has 2 aliphatic heterocycles. The Morgan fingerprint density at radius 1 is 1.03 bits per heavy atom. The second-order valence-corrected chi connectivity index (χ2v) is 9.34. The fraction of sp³-hybridized carbons (Fsp3) is 0.154. The molecule has 2 aromatic carbocycles. The number of carbonyl (C=O) groups excluding carboxylic acids is 1. The largest absolute Gasteiger partial charge is 0.318 e. The van der Waals surface area contributed by atoms with Gasteiger partial charge in [0.25, 0.3) is 5.91 Å². The first-order valence-electron chi connectivity index (χ1n) is 10.8. The van der Waals surface area contributed by atoms with E-state index in [4.69, 9.17) is 5.41 Å². The molecule has 3 aromatic rings. The lowest BCUT2D eigenvalue weighted by Crippen LogP contribution is -2.35. The highest BCUT2D eigenvalue weighted by atomic mass is 32.2. The highest BCUT2D eigenvalue weighted by molar-refractivity contribution is 8.27. The lowest BCUT2D eigenvalue weighted by molar-refractivity contribution is -0.114. The predicted octanol–water partition coefficient (Wildman–Crippen LogP) is 5.52. The van der Waals surface area contributed by atoms with Gasteiger partial charge in [-0.25, -0.2) is 4.39 Å². The fourth-order valence-corrected chi connectivity index (χ4v) is 5.02. The van der Waals surface area contributed by atoms with Crippen LogP contribution in [0.15, 0.2) is 64.2 Å². The number of rotatable bonds is 3. The maximum atomic E-state index is 13.3. The molecule has 2 aliphatic rings. The molecule has 0 unspecified atom stereocenters. The molecule has 1 aromatic heterocycles. The van der Waals surface area contributed by atoms with Crippen LogP contribution in [0, 0.1) is 38.9 Å². The standard InChI is InChI=1S/C26H22FN5OS/c1-14-5-6-15(2)22(11-14)31-16(3)12-19(17(31)4)13-21-23(28)32-26(29-24(21)33)34-25(30-32)18-7-9-20(27)10-8-18/h5-13,28H,1-4H3. The van der Waals surface area contributed by atoms with Gasteiger partial charge in [0.1, 0.15) is 10.9 Å². The van der Waals surface area contributed by atoms with E-state index in [1.807, 2.05) is 19.9 Å². The van der Waals surface area contributed by atoms with Gasteiger partial charge < -0.3 is 4.57 Å². The Hall–Kier alpha value is -3.78. The number of benzene rings is 2. The first-order chi connectivity index (χ1) is 16.2. The topological polar surface area (TPSA) is 73.8 Å². The Kier molecular flexibility index (Phi) is 5.32. The van der Waals surface area contributed by atoms with Gasteiger partial charge in [-0.2, -0.15) is 15.1 Å². The smallest absolute Gasteiger partial charge is 0.283 e. The molecule has 3 heterocycles. The van der Waals surface area contributed by atoms with Crippen molar-refractivity contribution in [1.29, 1.82) is 5.41 Å². The first kappa shape index (κ1) is 22.0. The number of aliphatic imine (C=N–C) groups is 1. The minimum absolute atomic E-state index is 0.0313. The maximum Gasteiger partial charge on any atom is 0.283 e. The summed E-state index contributed by atoms with van der Waals surface area (Å²) < 4.78 is 15.4. The third kappa shape index (κ3) is 3.70. The Bertz CT molecular complexity index is 1460. The van der Waals surface area contributed by atoms with Crippen LogP contribution in [0.1, 0.15) is 33.6 Å². The molecule has 0 bridgehead atoms. The highest BCUT2D eigenvalue weighted by Crippen LogP contribution is 2.32. The number of halogens is 1. The number of aromatic nitrogens is 1. The number of fused-ring (bicyclic) bond motifs is 1. The Balaban J connectivity index is 1.52. The first-order valence-corrected chi connectivity index (χ1v) is 11.6. The molecule has 0 fully saturated rings. The summed E-state index contributed by atoms with van der Waals surface area (Å²) in [6, 6.07) is 14.3. The summed E-state index contributed by atoms with van der Waals surface area (Å²) >= 11 is 1.19. The van der Waals surface area contributed by atoms with Crippen LogP contribution >= 0.6 is 11.8 Å². The van der Waals surface area contributed by atoms with Gasteiger partial charge in [0.05, 0.1) is 5.57 Å². The number of amides is 1. The van der Waals surface area contributed by atoms with E-state index in [0.717, 1.165) is 28.2 Å². The zero-order chi connectivity index (χ0) is 24.1. The van der Waals surface area contributed by atoms with Crippen molar-refractivity contribution < 1.29 is 9.18 Å². The van der Waals surface area contributed by atoms with Crippen molar-refractivity contribution in [3.8, 4) is 5.69 Å². The van der Waals surface area contributed by atoms with Gasteiger partial charge >= 0.3 is 0 Å². The van der Waals surface area contributed by atoms with Gasteiger partial charge in [0.15, 0.2) is 5.84 Å². The van der Waals surface area contributed by atoms with Crippen LogP contribution in [-0.4, -0.2) is 31.5 Å². The zero-order valence-electron chi connectivity index (χ0n) is 19.2. The van der Waals surface area contributed by atoms with E-state index >= 15 is 0 Å². The van der Waals surface area contributed by atoms with Gasteiger partial charge in [-0.1, -0.05) is 12.1 Å². The monoisotopic (exact) mass is 471 g/mol. The van der Waals surface area contributed by atoms with E-state index in [2.05, 4.69) is 46.7 Å². The van der Waals surface area contributed by atoms with Crippen molar-refractivity contribution >= 4 is 39.8 Å². The quantitative estimate of drug-likeness (QED) is 0.512. The third-order valence-electron chi connectivity index (χ3n) is 5.92. The van der Waals surface area contributed by atoms with Crippen LogP contribution in [0.25, 0.3) is 11.8 Å². The molecule has 0 atom stereocenters. The molecule has 8 heteroatoms. The number of nitrogens with zero attached hydrogens (tertiary/aromatic N) is 4. The Labute approximate surface area is 201 Å². The molecule has 1 amide bonds. The van der Waals surface area contributed by atoms with Crippen LogP contribution in [0.4, 0.5) is 4.39 Å². The van der Waals surface area contributed by atoms with Crippen molar-refractivity contribution in [3.05, 3.63) is 93.6 Å². The highest BCUT2D eigenvalue weighted by Gasteiger charge is 2.36. The van der Waals surface area contributed by atoms with E-state index in [1.54, 1.807) is 18.2 Å². The van der Waals surface area contributed by atoms with Crippen LogP contribution < -0.4 is 0 Å². The zero-order valence-corrected chi connectivity index (χ0v) is 20.0. The second kappa shape index (κ2) is 8.22. The van der Waals surface area contributed by atoms with Crippen molar-refractivity contribution in [1.82, 2.24) is 9.58 Å². The van der Waals surface area contributed by atoms with Gasteiger partial charge in [-0.05, 0) is 98.6 Å². The van der Waals surface area contributed by atoms with Gasteiger partial charge in [0, 0.05) is 22.6 Å². The summed E-state index contributed by atoms with van der Waals surface area (Å²) in [5.74, 6) is -0.846. The van der Waals surface area contributed by atoms with E-state index in [9.17, 15) is 9.18 Å². The van der Waals surface area contributed by atoms with Gasteiger partial charge in [-0.15, -0.1) is 0 Å². The second-order valence-electron chi connectivity index (χ2n) is 8.38. The maximum absolute atomic E-state index is 13.3. The molecule has 0 saturated carbocycles. The van der Waals surface area contributed by atoms with E-state index < -0.39 is 5.91 Å². The normalized spacial score (nSPS) is 16.7. The minimum Gasteiger partial charge on any atom is -0.318 e. The van der Waals surface area contributed by atoms with Crippen LogP contribution in [0.2, 0.25) is 0 Å². The van der Waals surface area contributed by atoms with Crippen molar-refractivity contribution in [3.63, 3.8) is 0 Å². The van der Waals surface area contributed by atoms with E-state index in [-0.39, 0.29) is 17.2 Å². The molecule has 0 radical (unpaired) electrons. The summed E-state index contributed by atoms with van der Waals surface area (Å²) in [6.45, 7) is 8.16. The van der Waals surface area contributed by atoms with Crippen molar-refractivity contribution in [2.75, 3.05) is 0 Å². The molecule has 6 nitrogen and oxygen atoms in total. The summed E-state index contributed by atoms with van der Waals surface area (Å²) in [5.41, 5.74) is 7.14. The summed E-state index contributed by atoms with van der Waals surface area (Å²) in [4.78, 5) is 17.0. The van der Waals surface area contributed by atoms with Gasteiger partial charge in [-0.3, -0.25) is 10.2 Å². The summed E-state index contributed by atoms with van der Waals surface area (Å²) in [7, 11) is 0. The molecule has 0 spiro atoms. The number of hydrogen-bond donors (Lipinski definition) is 1. The molecule has 5 rings (SSSR count). The average molecular weight is 472 g/mol. The van der Waals surface area contributed by atoms with Crippen LogP contribution in [0.3, 0.4) is 0 Å². The SMILES string of the molecule is Cc1ccc(C)c(-n2c(C)cc(C=C3C(=N)N4N=C(c5ccc(F)cc5)SC4=NC3=O)c2C)c1. The number of hydrazone groups is 1. The number of hydrogen-bond acceptors (Lipinski definition) is 4. The molecule has 0 aliphatic carbocycles. The average Bonchev–Trinajstić information content (AvgIpc) is 3.34. The van der Waals surface area contributed by atoms with E-state index in [0.29, 0.717) is 15.8 Å². The molecule has 34 heavy (non-hydrogen) atoms. The van der Waals surface area contributed by atoms with Crippen molar-refractivity contribution in [2.45, 2.75) is 27.7 Å². The Morgan fingerprint density at radius 2 is 1.76 bits per heavy atom. The van der Waals surface area contributed by atoms with Gasteiger partial charge in [0.2, 0.25) is 5.17 Å². The fourth-order valence-electron chi connectivity index (χ4n) is 4.12. The van der Waals surface area contributed by atoms with Crippen LogP contribution in [-0.2, 0) is 4.79 Å². The lowest BCUT2D eigenvalue weighted by atomic mass is 10.1. The molecule has 1 N–H and O–H groups in total. The minimum atomic E-state index is -0.476. The molecule has 170 valence electrons.